The first-order chi connectivity index (χ1) is 10.6. The van der Waals surface area contributed by atoms with E-state index in [0.29, 0.717) is 6.07 Å². The minimum Gasteiger partial charge on any atom is -0.478 e. The van der Waals surface area contributed by atoms with Gasteiger partial charge in [-0.1, -0.05) is 0 Å². The Kier molecular flexibility index (Phi) is 5.90. The molecule has 0 bridgehead atoms. The lowest BCUT2D eigenvalue weighted by Gasteiger charge is -1.96. The maximum absolute atomic E-state index is 10.5. The highest BCUT2D eigenvalue weighted by molar-refractivity contribution is 9.10. The molecule has 0 aliphatic rings. The summed E-state index contributed by atoms with van der Waals surface area (Å²) in [4.78, 5) is 29.4. The van der Waals surface area contributed by atoms with Crippen LogP contribution in [0.5, 0.6) is 0 Å². The van der Waals surface area contributed by atoms with Gasteiger partial charge in [0.1, 0.15) is 0 Å². The molecule has 0 unspecified atom stereocenters. The van der Waals surface area contributed by atoms with Crippen LogP contribution in [0.4, 0.5) is 11.4 Å². The number of nitro benzene ring substituents is 2. The number of halogens is 1. The molecule has 2 rings (SSSR count). The number of rotatable bonds is 3. The fourth-order valence-corrected chi connectivity index (χ4v) is 1.64. The lowest BCUT2D eigenvalue weighted by Crippen LogP contribution is -2.00. The Labute approximate surface area is 137 Å². The molecule has 23 heavy (non-hydrogen) atoms. The summed E-state index contributed by atoms with van der Waals surface area (Å²) in [5, 5.41) is 36.0. The van der Waals surface area contributed by atoms with E-state index in [1.807, 2.05) is 13.8 Å². The number of nitrogens with one attached hydrogen (secondary N) is 1. The minimum atomic E-state index is -1.46. The van der Waals surface area contributed by atoms with E-state index in [4.69, 9.17) is 5.11 Å². The summed E-state index contributed by atoms with van der Waals surface area (Å²) in [5.41, 5.74) is 0.365. The smallest absolute Gasteiger partial charge is 0.336 e. The fraction of sp³-hybridized carbons (Fsp3) is 0.167. The van der Waals surface area contributed by atoms with Crippen LogP contribution in [0.2, 0.25) is 0 Å². The number of non-ortho nitro benzene ring substituents is 2. The zero-order valence-corrected chi connectivity index (χ0v) is 13.5. The van der Waals surface area contributed by atoms with E-state index in [9.17, 15) is 25.0 Å². The molecule has 0 saturated heterocycles. The molecule has 122 valence electrons. The van der Waals surface area contributed by atoms with E-state index in [1.165, 1.54) is 0 Å². The molecule has 0 amide bonds. The third-order valence-corrected chi connectivity index (χ3v) is 3.78. The molecule has 1 heterocycles. The summed E-state index contributed by atoms with van der Waals surface area (Å²) in [7, 11) is 0. The zero-order chi connectivity index (χ0) is 17.7. The van der Waals surface area contributed by atoms with Crippen molar-refractivity contribution in [2.24, 2.45) is 0 Å². The maximum Gasteiger partial charge on any atom is 0.336 e. The van der Waals surface area contributed by atoms with Gasteiger partial charge < -0.3 is 5.11 Å². The molecule has 10 nitrogen and oxygen atoms in total. The number of aromatic nitrogens is 2. The number of benzene rings is 1. The van der Waals surface area contributed by atoms with Gasteiger partial charge in [0.05, 0.1) is 31.6 Å². The molecule has 0 aliphatic heterocycles. The molecule has 2 N–H and O–H groups in total. The number of nitro groups is 2. The highest BCUT2D eigenvalue weighted by Gasteiger charge is 2.19. The molecule has 0 radical (unpaired) electrons. The number of aromatic carboxylic acids is 1. The number of nitrogens with zero attached hydrogens (tertiary/aromatic N) is 3. The highest BCUT2D eigenvalue weighted by Crippen LogP contribution is 2.22. The van der Waals surface area contributed by atoms with Gasteiger partial charge in [-0.2, -0.15) is 5.10 Å². The summed E-state index contributed by atoms with van der Waals surface area (Å²) in [6.45, 7) is 3.93. The number of carbonyl (C=O) groups is 1. The number of aromatic amines is 1. The Morgan fingerprint density at radius 1 is 1.17 bits per heavy atom. The Bertz CT molecular complexity index is 674. The SMILES string of the molecule is Cc1n[nH]c(C)c1Br.O=C(O)c1cc([N+](=O)[O-])cc([N+](=O)[O-])c1. The average molecular weight is 387 g/mol. The molecule has 0 aliphatic carbocycles. The number of carboxylic acid groups (broad SMARTS) is 1. The second-order valence-electron chi connectivity index (χ2n) is 4.31. The van der Waals surface area contributed by atoms with Crippen LogP contribution < -0.4 is 0 Å². The quantitative estimate of drug-likeness (QED) is 0.606. The average Bonchev–Trinajstić information content (AvgIpc) is 2.78. The van der Waals surface area contributed by atoms with Crippen LogP contribution in [-0.2, 0) is 0 Å². The predicted molar refractivity (Wildman–Crippen MR) is 82.5 cm³/mol. The van der Waals surface area contributed by atoms with Crippen molar-refractivity contribution in [1.82, 2.24) is 10.2 Å². The van der Waals surface area contributed by atoms with E-state index >= 15 is 0 Å². The standard InChI is InChI=1S/C7H4N2O6.C5H7BrN2/c10-7(11)4-1-5(8(12)13)3-6(2-4)9(14)15;1-3-5(6)4(2)8-7-3/h1-3H,(H,10,11);1-2H3,(H,7,8). The number of H-pyrrole nitrogens is 1. The van der Waals surface area contributed by atoms with E-state index in [0.717, 1.165) is 28.0 Å². The lowest BCUT2D eigenvalue weighted by molar-refractivity contribution is -0.394. The Morgan fingerprint density at radius 2 is 1.65 bits per heavy atom. The molecule has 0 spiro atoms. The van der Waals surface area contributed by atoms with Gasteiger partial charge in [-0.3, -0.25) is 25.3 Å². The zero-order valence-electron chi connectivity index (χ0n) is 11.9. The van der Waals surface area contributed by atoms with Gasteiger partial charge in [-0.05, 0) is 29.8 Å². The first-order valence-electron chi connectivity index (χ1n) is 5.97. The summed E-state index contributed by atoms with van der Waals surface area (Å²) in [6.07, 6.45) is 0. The van der Waals surface area contributed by atoms with Crippen LogP contribution in [0.3, 0.4) is 0 Å². The largest absolute Gasteiger partial charge is 0.478 e. The van der Waals surface area contributed by atoms with E-state index in [-0.39, 0.29) is 0 Å². The van der Waals surface area contributed by atoms with Crippen molar-refractivity contribution in [3.8, 4) is 0 Å². The monoisotopic (exact) mass is 386 g/mol. The van der Waals surface area contributed by atoms with E-state index < -0.39 is 32.8 Å². The van der Waals surface area contributed by atoms with Gasteiger partial charge in [-0.15, -0.1) is 0 Å². The van der Waals surface area contributed by atoms with Crippen molar-refractivity contribution >= 4 is 33.3 Å². The normalized spacial score (nSPS) is 9.70. The van der Waals surface area contributed by atoms with E-state index in [2.05, 4.69) is 26.1 Å². The second kappa shape index (κ2) is 7.45. The van der Waals surface area contributed by atoms with Gasteiger partial charge in [-0.25, -0.2) is 4.79 Å². The van der Waals surface area contributed by atoms with Gasteiger partial charge in [0.25, 0.3) is 11.4 Å². The summed E-state index contributed by atoms with van der Waals surface area (Å²) >= 11 is 3.36. The third-order valence-electron chi connectivity index (χ3n) is 2.61. The van der Waals surface area contributed by atoms with Crippen LogP contribution in [0, 0.1) is 34.1 Å². The first kappa shape index (κ1) is 18.2. The van der Waals surface area contributed by atoms with Crippen LogP contribution in [0.25, 0.3) is 0 Å². The van der Waals surface area contributed by atoms with Crippen molar-refractivity contribution < 1.29 is 19.7 Å². The minimum absolute atomic E-state index is 0.490. The molecule has 1 aromatic heterocycles. The van der Waals surface area contributed by atoms with Gasteiger partial charge in [0, 0.05) is 17.8 Å². The van der Waals surface area contributed by atoms with Gasteiger partial charge >= 0.3 is 5.97 Å². The Balaban J connectivity index is 0.000000277. The molecule has 11 heteroatoms. The Hall–Kier alpha value is -2.82. The summed E-state index contributed by atoms with van der Waals surface area (Å²) < 4.78 is 1.08. The number of carboxylic acids is 1. The first-order valence-corrected chi connectivity index (χ1v) is 6.77. The summed E-state index contributed by atoms with van der Waals surface area (Å²) in [5.74, 6) is -1.46. The predicted octanol–water partition coefficient (Wildman–Crippen LogP) is 2.99. The number of aryl methyl sites for hydroxylation is 2. The molecular weight excluding hydrogens is 376 g/mol. The van der Waals surface area contributed by atoms with Crippen molar-refractivity contribution in [3.63, 3.8) is 0 Å². The molecule has 1 aromatic carbocycles. The Morgan fingerprint density at radius 3 is 1.87 bits per heavy atom. The van der Waals surface area contributed by atoms with Crippen LogP contribution in [0.15, 0.2) is 22.7 Å². The highest BCUT2D eigenvalue weighted by atomic mass is 79.9. The molecule has 0 atom stereocenters. The van der Waals surface area contributed by atoms with Crippen LogP contribution in [0.1, 0.15) is 21.7 Å². The van der Waals surface area contributed by atoms with Crippen molar-refractivity contribution in [2.75, 3.05) is 0 Å². The van der Waals surface area contributed by atoms with Crippen molar-refractivity contribution in [2.45, 2.75) is 13.8 Å². The number of hydrogen-bond donors (Lipinski definition) is 2. The third kappa shape index (κ3) is 4.85. The maximum atomic E-state index is 10.5. The molecular formula is C12H11BrN4O6. The molecule has 0 fully saturated rings. The summed E-state index contributed by atoms with van der Waals surface area (Å²) in [6, 6.07) is 2.22. The topological polar surface area (TPSA) is 152 Å². The van der Waals surface area contributed by atoms with Gasteiger partial charge in [0.2, 0.25) is 0 Å². The van der Waals surface area contributed by atoms with Crippen molar-refractivity contribution in [1.29, 1.82) is 0 Å². The second-order valence-corrected chi connectivity index (χ2v) is 5.10. The van der Waals surface area contributed by atoms with E-state index in [1.54, 1.807) is 0 Å². The molecule has 0 saturated carbocycles. The fourth-order valence-electron chi connectivity index (χ4n) is 1.47. The van der Waals surface area contributed by atoms with Crippen LogP contribution >= 0.6 is 15.9 Å². The number of hydrogen-bond acceptors (Lipinski definition) is 6. The van der Waals surface area contributed by atoms with Crippen molar-refractivity contribution in [3.05, 3.63) is 59.9 Å². The van der Waals surface area contributed by atoms with Gasteiger partial charge in [0.15, 0.2) is 0 Å². The van der Waals surface area contributed by atoms with Crippen LogP contribution in [-0.4, -0.2) is 31.1 Å². The lowest BCUT2D eigenvalue weighted by atomic mass is 10.2. The molecule has 2 aromatic rings.